The Morgan fingerprint density at radius 2 is 1.73 bits per heavy atom. The molecule has 13 nitrogen and oxygen atoms in total. The van der Waals surface area contributed by atoms with E-state index < -0.39 is 77.0 Å². The minimum atomic E-state index is -4.97. The first kappa shape index (κ1) is 37.2. The van der Waals surface area contributed by atoms with Crippen LogP contribution in [0.2, 0.25) is 0 Å². The maximum Gasteiger partial charge on any atom is 0.416 e. The first-order chi connectivity index (χ1) is 22.5. The number of carbonyl (C=O) groups excluding carboxylic acids is 2. The second-order valence-corrected chi connectivity index (χ2v) is 10.7. The van der Waals surface area contributed by atoms with E-state index in [1.54, 1.807) is 25.9 Å². The lowest BCUT2D eigenvalue weighted by atomic mass is 10.0. The molecule has 0 unspecified atom stereocenters. The zero-order valence-electron chi connectivity index (χ0n) is 26.0. The third kappa shape index (κ3) is 10.4. The van der Waals surface area contributed by atoms with Crippen molar-refractivity contribution in [2.75, 3.05) is 39.1 Å². The molecule has 0 spiro atoms. The Balaban J connectivity index is 1.87. The first-order valence-corrected chi connectivity index (χ1v) is 14.3. The summed E-state index contributed by atoms with van der Waals surface area (Å²) in [5.41, 5.74) is -0.0961. The van der Waals surface area contributed by atoms with Crippen molar-refractivity contribution in [1.29, 1.82) is 0 Å². The van der Waals surface area contributed by atoms with Gasteiger partial charge in [0.25, 0.3) is 11.5 Å². The van der Waals surface area contributed by atoms with Crippen LogP contribution in [-0.2, 0) is 27.0 Å². The van der Waals surface area contributed by atoms with Gasteiger partial charge in [-0.25, -0.2) is 9.40 Å². The van der Waals surface area contributed by atoms with Crippen LogP contribution in [0.25, 0.3) is 11.1 Å². The molecule has 3 aromatic rings. The molecule has 0 aliphatic rings. The van der Waals surface area contributed by atoms with E-state index in [1.165, 1.54) is 24.4 Å². The topological polar surface area (TPSA) is 181 Å². The van der Waals surface area contributed by atoms with E-state index in [0.29, 0.717) is 23.3 Å². The highest BCUT2D eigenvalue weighted by molar-refractivity contribution is 5.98. The highest BCUT2D eigenvalue weighted by atomic mass is 19.4. The monoisotopic (exact) mass is 679 g/mol. The van der Waals surface area contributed by atoms with Gasteiger partial charge in [0.15, 0.2) is 0 Å². The number of hydrogen-bond acceptors (Lipinski definition) is 8. The van der Waals surface area contributed by atoms with Crippen molar-refractivity contribution >= 4 is 29.4 Å². The number of alkyl halides is 3. The lowest BCUT2D eigenvalue weighted by molar-refractivity contribution is -0.150. The van der Waals surface area contributed by atoms with E-state index in [0.717, 1.165) is 17.1 Å². The average Bonchev–Trinajstić information content (AvgIpc) is 2.98. The SMILES string of the molecule is CCOc1cc(=O)[nH]cc1-c1ccc(CC(=O)Nc2cc(C(=O)NN(CCN(C)C)[C@@H](CC(=O)O)C(=O)O)cc(C(F)(F)F)c2)c(F)c1. The number of carbonyl (C=O) groups is 4. The molecular formula is C31H33F4N5O8. The second-order valence-electron chi connectivity index (χ2n) is 10.7. The lowest BCUT2D eigenvalue weighted by Crippen LogP contribution is -2.54. The molecule has 3 rings (SSSR count). The molecule has 48 heavy (non-hydrogen) atoms. The Labute approximate surface area is 271 Å². The molecule has 0 aliphatic heterocycles. The normalized spacial score (nSPS) is 12.1. The minimum Gasteiger partial charge on any atom is -0.493 e. The third-order valence-corrected chi connectivity index (χ3v) is 6.77. The van der Waals surface area contributed by atoms with Gasteiger partial charge in [-0.3, -0.25) is 29.4 Å². The van der Waals surface area contributed by atoms with Crippen LogP contribution in [0.4, 0.5) is 23.2 Å². The summed E-state index contributed by atoms with van der Waals surface area (Å²) in [4.78, 5) is 64.8. The Morgan fingerprint density at radius 1 is 1.02 bits per heavy atom. The number of hydrogen-bond donors (Lipinski definition) is 5. The number of aliphatic carboxylic acids is 2. The number of anilines is 1. The third-order valence-electron chi connectivity index (χ3n) is 6.77. The van der Waals surface area contributed by atoms with Crippen molar-refractivity contribution < 1.29 is 51.7 Å². The minimum absolute atomic E-state index is 0.113. The number of ether oxygens (including phenoxy) is 1. The smallest absolute Gasteiger partial charge is 0.416 e. The molecule has 2 aromatic carbocycles. The van der Waals surface area contributed by atoms with E-state index in [9.17, 15) is 42.3 Å². The molecule has 0 fully saturated rings. The fourth-order valence-electron chi connectivity index (χ4n) is 4.47. The zero-order chi connectivity index (χ0) is 35.8. The number of halogens is 4. The maximum absolute atomic E-state index is 15.1. The number of H-pyrrole nitrogens is 1. The molecule has 0 radical (unpaired) electrons. The summed E-state index contributed by atoms with van der Waals surface area (Å²) in [6.07, 6.45) is -5.17. The number of nitrogens with zero attached hydrogens (tertiary/aromatic N) is 2. The second kappa shape index (κ2) is 16.0. The van der Waals surface area contributed by atoms with Crippen molar-refractivity contribution in [3.05, 3.63) is 81.5 Å². The maximum atomic E-state index is 15.1. The number of carboxylic acids is 2. The van der Waals surface area contributed by atoms with Crippen molar-refractivity contribution in [2.24, 2.45) is 0 Å². The van der Waals surface area contributed by atoms with Gasteiger partial charge < -0.3 is 30.2 Å². The lowest BCUT2D eigenvalue weighted by Gasteiger charge is -2.29. The summed E-state index contributed by atoms with van der Waals surface area (Å²) < 4.78 is 61.9. The van der Waals surface area contributed by atoms with Gasteiger partial charge >= 0.3 is 18.1 Å². The summed E-state index contributed by atoms with van der Waals surface area (Å²) in [6, 6.07) is 5.24. The van der Waals surface area contributed by atoms with Crippen molar-refractivity contribution in [1.82, 2.24) is 20.3 Å². The van der Waals surface area contributed by atoms with E-state index in [-0.39, 0.29) is 31.0 Å². The predicted octanol–water partition coefficient (Wildman–Crippen LogP) is 3.22. The quantitative estimate of drug-likeness (QED) is 0.118. The van der Waals surface area contributed by atoms with Crippen LogP contribution in [0.5, 0.6) is 5.75 Å². The average molecular weight is 680 g/mol. The predicted molar refractivity (Wildman–Crippen MR) is 164 cm³/mol. The summed E-state index contributed by atoms with van der Waals surface area (Å²) >= 11 is 0. The van der Waals surface area contributed by atoms with E-state index in [1.807, 2.05) is 0 Å². The highest BCUT2D eigenvalue weighted by Gasteiger charge is 2.33. The number of hydrazine groups is 1. The van der Waals surface area contributed by atoms with Crippen LogP contribution < -0.4 is 21.0 Å². The summed E-state index contributed by atoms with van der Waals surface area (Å²) in [5.74, 6) is -5.84. The first-order valence-electron chi connectivity index (χ1n) is 14.3. The standard InChI is InChI=1S/C31H33F4N5O8/c1-4-48-25-15-26(41)36-16-22(25)17-5-6-18(23(32)11-17)12-27(42)37-21-10-19(9-20(13-21)31(33,34)35)29(45)38-40(8-7-39(2)3)24(30(46)47)14-28(43)44/h5-6,9-11,13,15-16,24H,4,7-8,12,14H2,1-3H3,(H,36,41)(H,37,42)(H,38,45)(H,43,44)(H,46,47)/t24-/m0/s1. The summed E-state index contributed by atoms with van der Waals surface area (Å²) in [6.45, 7) is 1.87. The number of benzene rings is 2. The fourth-order valence-corrected chi connectivity index (χ4v) is 4.47. The fraction of sp³-hybridized carbons (Fsp3) is 0.323. The molecule has 1 atom stereocenters. The number of carboxylic acid groups (broad SMARTS) is 2. The largest absolute Gasteiger partial charge is 0.493 e. The number of aromatic nitrogens is 1. The summed E-state index contributed by atoms with van der Waals surface area (Å²) in [7, 11) is 3.25. The van der Waals surface area contributed by atoms with Crippen molar-refractivity contribution in [2.45, 2.75) is 32.0 Å². The van der Waals surface area contributed by atoms with Gasteiger partial charge in [0.05, 0.1) is 25.0 Å². The van der Waals surface area contributed by atoms with Crippen LogP contribution in [-0.4, -0.2) is 88.7 Å². The zero-order valence-corrected chi connectivity index (χ0v) is 26.0. The molecule has 1 heterocycles. The molecule has 2 amide bonds. The Morgan fingerprint density at radius 3 is 2.31 bits per heavy atom. The number of rotatable bonds is 15. The summed E-state index contributed by atoms with van der Waals surface area (Å²) in [5, 5.41) is 21.8. The van der Waals surface area contributed by atoms with Gasteiger partial charge in [0.2, 0.25) is 5.91 Å². The molecule has 17 heteroatoms. The van der Waals surface area contributed by atoms with Crippen LogP contribution in [0, 0.1) is 5.82 Å². The Hall–Kier alpha value is -5.29. The molecule has 0 aliphatic carbocycles. The Bertz CT molecular complexity index is 1730. The van der Waals surface area contributed by atoms with Crippen LogP contribution in [0.3, 0.4) is 0 Å². The van der Waals surface area contributed by atoms with Crippen LogP contribution in [0.15, 0.2) is 53.5 Å². The van der Waals surface area contributed by atoms with Gasteiger partial charge in [-0.05, 0) is 56.4 Å². The number of likely N-dealkylation sites (N-methyl/N-ethyl adjacent to an activating group) is 1. The van der Waals surface area contributed by atoms with Crippen molar-refractivity contribution in [3.8, 4) is 16.9 Å². The molecule has 0 bridgehead atoms. The van der Waals surface area contributed by atoms with Crippen LogP contribution in [0.1, 0.15) is 34.8 Å². The molecule has 258 valence electrons. The van der Waals surface area contributed by atoms with Gasteiger partial charge in [-0.15, -0.1) is 0 Å². The van der Waals surface area contributed by atoms with Gasteiger partial charge in [0, 0.05) is 42.2 Å². The Kier molecular flexibility index (Phi) is 12.4. The van der Waals surface area contributed by atoms with Crippen molar-refractivity contribution in [3.63, 3.8) is 0 Å². The number of amides is 2. The highest BCUT2D eigenvalue weighted by Crippen LogP contribution is 2.33. The molecular weight excluding hydrogens is 646 g/mol. The van der Waals surface area contributed by atoms with Gasteiger partial charge in [-0.1, -0.05) is 12.1 Å². The molecule has 0 saturated heterocycles. The number of pyridine rings is 1. The van der Waals surface area contributed by atoms with Gasteiger partial charge in [0.1, 0.15) is 17.6 Å². The van der Waals surface area contributed by atoms with Gasteiger partial charge in [-0.2, -0.15) is 13.2 Å². The van der Waals surface area contributed by atoms with E-state index in [2.05, 4.69) is 15.7 Å². The van der Waals surface area contributed by atoms with Crippen LogP contribution >= 0.6 is 0 Å². The number of aromatic amines is 1. The molecule has 5 N–H and O–H groups in total. The molecule has 1 aromatic heterocycles. The number of nitrogens with one attached hydrogen (secondary N) is 3. The molecule has 0 saturated carbocycles. The van der Waals surface area contributed by atoms with E-state index in [4.69, 9.17) is 9.84 Å². The van der Waals surface area contributed by atoms with E-state index >= 15 is 4.39 Å².